The van der Waals surface area contributed by atoms with Crippen LogP contribution in [0.2, 0.25) is 0 Å². The number of hydrogen-bond acceptors (Lipinski definition) is 7. The first kappa shape index (κ1) is 21.1. The molecule has 0 aliphatic carbocycles. The average Bonchev–Trinajstić information content (AvgIpc) is 3.32. The lowest BCUT2D eigenvalue weighted by Crippen LogP contribution is -2.52. The number of aryl methyl sites for hydroxylation is 1. The Bertz CT molecular complexity index is 1130. The average molecular weight is 447 g/mol. The van der Waals surface area contributed by atoms with Crippen LogP contribution >= 0.6 is 0 Å². The molecule has 5 rings (SSSR count). The van der Waals surface area contributed by atoms with Gasteiger partial charge in [-0.15, -0.1) is 10.2 Å². The Kier molecular flexibility index (Phi) is 5.73. The van der Waals surface area contributed by atoms with Crippen molar-refractivity contribution in [2.75, 3.05) is 37.9 Å². The number of benzene rings is 2. The highest BCUT2D eigenvalue weighted by Gasteiger charge is 2.27. The molecule has 8 heteroatoms. The summed E-state index contributed by atoms with van der Waals surface area (Å²) in [6.07, 6.45) is -0.592. The van der Waals surface area contributed by atoms with E-state index < -0.39 is 6.10 Å². The number of hydrogen-bond donors (Lipinski definition) is 0. The number of fused-ring (bicyclic) bond motifs is 1. The molecule has 1 amide bonds. The molecule has 2 aliphatic rings. The number of rotatable bonds is 5. The number of carbonyl (C=O) groups is 1. The lowest BCUT2D eigenvalue weighted by atomic mass is 10.1. The first-order valence-electron chi connectivity index (χ1n) is 11.1. The summed E-state index contributed by atoms with van der Waals surface area (Å²) in [5.74, 6) is 2.70. The van der Waals surface area contributed by atoms with Crippen molar-refractivity contribution in [2.24, 2.45) is 0 Å². The molecular formula is C25H26N4O4. The third-order valence-electron chi connectivity index (χ3n) is 5.92. The molecule has 1 aromatic heterocycles. The molecule has 3 heterocycles. The second kappa shape index (κ2) is 8.97. The molecule has 0 saturated carbocycles. The fraction of sp³-hybridized carbons (Fsp3) is 0.320. The van der Waals surface area contributed by atoms with Gasteiger partial charge in [0.05, 0.1) is 5.69 Å². The molecule has 0 radical (unpaired) electrons. The molecule has 3 aromatic rings. The molecule has 33 heavy (non-hydrogen) atoms. The lowest BCUT2D eigenvalue weighted by molar-refractivity contribution is -0.138. The highest BCUT2D eigenvalue weighted by Crippen LogP contribution is 2.35. The number of amides is 1. The Hall–Kier alpha value is -3.81. The smallest absolute Gasteiger partial charge is 0.263 e. The predicted molar refractivity (Wildman–Crippen MR) is 124 cm³/mol. The van der Waals surface area contributed by atoms with Crippen molar-refractivity contribution in [2.45, 2.75) is 20.0 Å². The second-order valence-corrected chi connectivity index (χ2v) is 8.23. The molecule has 1 fully saturated rings. The summed E-state index contributed by atoms with van der Waals surface area (Å²) in [4.78, 5) is 16.9. The van der Waals surface area contributed by atoms with Gasteiger partial charge in [-0.05, 0) is 38.1 Å². The van der Waals surface area contributed by atoms with Gasteiger partial charge in [-0.3, -0.25) is 4.79 Å². The Morgan fingerprint density at radius 1 is 0.939 bits per heavy atom. The molecule has 0 N–H and O–H groups in total. The normalized spacial score (nSPS) is 15.9. The number of piperazine rings is 1. The first-order valence-corrected chi connectivity index (χ1v) is 11.1. The van der Waals surface area contributed by atoms with Crippen LogP contribution in [0.3, 0.4) is 0 Å². The van der Waals surface area contributed by atoms with Crippen LogP contribution in [0.25, 0.3) is 11.3 Å². The van der Waals surface area contributed by atoms with Crippen LogP contribution in [-0.2, 0) is 4.79 Å². The number of anilines is 1. The van der Waals surface area contributed by atoms with Crippen LogP contribution < -0.4 is 19.1 Å². The van der Waals surface area contributed by atoms with Crippen LogP contribution in [0.1, 0.15) is 12.5 Å². The Labute approximate surface area is 192 Å². The second-order valence-electron chi connectivity index (χ2n) is 8.23. The van der Waals surface area contributed by atoms with E-state index in [-0.39, 0.29) is 12.7 Å². The van der Waals surface area contributed by atoms with E-state index in [9.17, 15) is 4.79 Å². The summed E-state index contributed by atoms with van der Waals surface area (Å²) in [5.41, 5.74) is 3.11. The summed E-state index contributed by atoms with van der Waals surface area (Å²) in [5, 5.41) is 8.81. The van der Waals surface area contributed by atoms with Crippen LogP contribution in [0.15, 0.2) is 54.6 Å². The summed E-state index contributed by atoms with van der Waals surface area (Å²) < 4.78 is 16.6. The highest BCUT2D eigenvalue weighted by molar-refractivity contribution is 5.81. The number of nitrogens with zero attached hydrogens (tertiary/aromatic N) is 4. The van der Waals surface area contributed by atoms with Gasteiger partial charge in [-0.25, -0.2) is 0 Å². The van der Waals surface area contributed by atoms with E-state index in [1.54, 1.807) is 25.1 Å². The zero-order valence-electron chi connectivity index (χ0n) is 18.7. The molecule has 2 aliphatic heterocycles. The van der Waals surface area contributed by atoms with Crippen LogP contribution in [-0.4, -0.2) is 60.1 Å². The van der Waals surface area contributed by atoms with Crippen molar-refractivity contribution >= 4 is 11.7 Å². The van der Waals surface area contributed by atoms with Crippen molar-refractivity contribution in [3.05, 3.63) is 60.2 Å². The van der Waals surface area contributed by atoms with E-state index in [1.807, 2.05) is 17.0 Å². The van der Waals surface area contributed by atoms with Crippen molar-refractivity contribution in [1.82, 2.24) is 15.1 Å². The molecule has 1 saturated heterocycles. The minimum Gasteiger partial charge on any atom is -0.481 e. The van der Waals surface area contributed by atoms with E-state index in [4.69, 9.17) is 14.2 Å². The van der Waals surface area contributed by atoms with E-state index in [1.165, 1.54) is 5.56 Å². The standard InChI is InChI=1S/C25H26N4O4/c1-17-3-5-19(6-4-17)21-8-10-24(27-26-21)28-11-13-29(14-12-28)25(30)18(2)33-20-7-9-22-23(15-20)32-16-31-22/h3-10,15,18H,11-14,16H2,1-2H3. The van der Waals surface area contributed by atoms with Gasteiger partial charge in [0.1, 0.15) is 5.75 Å². The van der Waals surface area contributed by atoms with E-state index in [0.29, 0.717) is 43.4 Å². The van der Waals surface area contributed by atoms with Gasteiger partial charge in [0.2, 0.25) is 6.79 Å². The summed E-state index contributed by atoms with van der Waals surface area (Å²) in [6, 6.07) is 17.6. The first-order chi connectivity index (χ1) is 16.1. The monoisotopic (exact) mass is 446 g/mol. The van der Waals surface area contributed by atoms with Crippen molar-refractivity contribution < 1.29 is 19.0 Å². The summed E-state index contributed by atoms with van der Waals surface area (Å²) >= 11 is 0. The van der Waals surface area contributed by atoms with Crippen LogP contribution in [0.4, 0.5) is 5.82 Å². The van der Waals surface area contributed by atoms with Gasteiger partial charge < -0.3 is 24.0 Å². The molecule has 0 spiro atoms. The molecule has 8 nitrogen and oxygen atoms in total. The van der Waals surface area contributed by atoms with E-state index >= 15 is 0 Å². The topological polar surface area (TPSA) is 77.0 Å². The van der Waals surface area contributed by atoms with Crippen molar-refractivity contribution in [3.63, 3.8) is 0 Å². The van der Waals surface area contributed by atoms with E-state index in [2.05, 4.69) is 46.3 Å². The molecule has 0 bridgehead atoms. The lowest BCUT2D eigenvalue weighted by Gasteiger charge is -2.36. The third-order valence-corrected chi connectivity index (χ3v) is 5.92. The zero-order valence-corrected chi connectivity index (χ0v) is 18.7. The minimum atomic E-state index is -0.592. The summed E-state index contributed by atoms with van der Waals surface area (Å²) in [6.45, 7) is 6.64. The van der Waals surface area contributed by atoms with Gasteiger partial charge in [-0.1, -0.05) is 29.8 Å². The Balaban J connectivity index is 1.15. The molecule has 2 aromatic carbocycles. The van der Waals surface area contributed by atoms with E-state index in [0.717, 1.165) is 17.1 Å². The van der Waals surface area contributed by atoms with Crippen molar-refractivity contribution in [3.8, 4) is 28.5 Å². The fourth-order valence-corrected chi connectivity index (χ4v) is 3.99. The minimum absolute atomic E-state index is 0.0341. The van der Waals surface area contributed by atoms with Crippen molar-refractivity contribution in [1.29, 1.82) is 0 Å². The molecule has 1 atom stereocenters. The fourth-order valence-electron chi connectivity index (χ4n) is 3.99. The molecule has 170 valence electrons. The molecule has 1 unspecified atom stereocenters. The maximum atomic E-state index is 12.9. The maximum Gasteiger partial charge on any atom is 0.263 e. The van der Waals surface area contributed by atoms with Gasteiger partial charge in [-0.2, -0.15) is 0 Å². The quantitative estimate of drug-likeness (QED) is 0.595. The van der Waals surface area contributed by atoms with Gasteiger partial charge in [0, 0.05) is 37.8 Å². The Morgan fingerprint density at radius 2 is 1.70 bits per heavy atom. The predicted octanol–water partition coefficient (Wildman–Crippen LogP) is 3.30. The largest absolute Gasteiger partial charge is 0.481 e. The maximum absolute atomic E-state index is 12.9. The SMILES string of the molecule is Cc1ccc(-c2ccc(N3CCN(C(=O)C(C)Oc4ccc5c(c4)OCO5)CC3)nn2)cc1. The van der Waals surface area contributed by atoms with Gasteiger partial charge in [0.25, 0.3) is 5.91 Å². The zero-order chi connectivity index (χ0) is 22.8. The van der Waals surface area contributed by atoms with Gasteiger partial charge >= 0.3 is 0 Å². The van der Waals surface area contributed by atoms with Crippen LogP contribution in [0, 0.1) is 6.92 Å². The van der Waals surface area contributed by atoms with Gasteiger partial charge in [0.15, 0.2) is 23.4 Å². The third kappa shape index (κ3) is 4.55. The number of carbonyl (C=O) groups excluding carboxylic acids is 1. The Morgan fingerprint density at radius 3 is 2.42 bits per heavy atom. The molecular weight excluding hydrogens is 420 g/mol. The number of aromatic nitrogens is 2. The number of ether oxygens (including phenoxy) is 3. The summed E-state index contributed by atoms with van der Waals surface area (Å²) in [7, 11) is 0. The van der Waals surface area contributed by atoms with Crippen LogP contribution in [0.5, 0.6) is 17.2 Å². The highest BCUT2D eigenvalue weighted by atomic mass is 16.7.